The van der Waals surface area contributed by atoms with E-state index in [9.17, 15) is 9.90 Å². The van der Waals surface area contributed by atoms with Crippen LogP contribution in [-0.4, -0.2) is 38.8 Å². The van der Waals surface area contributed by atoms with E-state index in [1.807, 2.05) is 24.7 Å². The average Bonchev–Trinajstić information content (AvgIpc) is 2.86. The van der Waals surface area contributed by atoms with Crippen molar-refractivity contribution in [3.05, 3.63) is 18.0 Å². The smallest absolute Gasteiger partial charge is 0.309 e. The van der Waals surface area contributed by atoms with Crippen LogP contribution in [0.5, 0.6) is 0 Å². The van der Waals surface area contributed by atoms with E-state index in [2.05, 4.69) is 23.1 Å². The van der Waals surface area contributed by atoms with Gasteiger partial charge >= 0.3 is 5.97 Å². The van der Waals surface area contributed by atoms with Crippen molar-refractivity contribution in [3.63, 3.8) is 0 Å². The van der Waals surface area contributed by atoms with Gasteiger partial charge in [0.2, 0.25) is 0 Å². The van der Waals surface area contributed by atoms with Gasteiger partial charge in [0.25, 0.3) is 0 Å². The second kappa shape index (κ2) is 6.60. The Kier molecular flexibility index (Phi) is 5.04. The number of piperidine rings is 1. The highest BCUT2D eigenvalue weighted by molar-refractivity contribution is 5.74. The molecule has 2 rings (SSSR count). The van der Waals surface area contributed by atoms with Crippen molar-refractivity contribution in [1.82, 2.24) is 14.7 Å². The molecule has 1 atom stereocenters. The number of nitrogens with zero attached hydrogens (tertiary/aromatic N) is 3. The minimum atomic E-state index is -0.690. The Morgan fingerprint density at radius 1 is 1.52 bits per heavy atom. The fourth-order valence-electron chi connectivity index (χ4n) is 3.06. The summed E-state index contributed by atoms with van der Waals surface area (Å²) in [7, 11) is 0. The summed E-state index contributed by atoms with van der Waals surface area (Å²) in [5.41, 5.74) is 0.572. The van der Waals surface area contributed by atoms with Crippen molar-refractivity contribution >= 4 is 5.97 Å². The van der Waals surface area contributed by atoms with Crippen molar-refractivity contribution in [2.45, 2.75) is 53.1 Å². The second-order valence-corrected chi connectivity index (χ2v) is 6.71. The molecule has 118 valence electrons. The van der Waals surface area contributed by atoms with E-state index in [0.29, 0.717) is 0 Å². The van der Waals surface area contributed by atoms with Gasteiger partial charge in [-0.15, -0.1) is 0 Å². The minimum absolute atomic E-state index is 0.217. The van der Waals surface area contributed by atoms with E-state index >= 15 is 0 Å². The van der Waals surface area contributed by atoms with Gasteiger partial charge in [-0.1, -0.05) is 6.92 Å². The molecule has 1 N–H and O–H groups in total. The van der Waals surface area contributed by atoms with E-state index in [1.165, 1.54) is 5.56 Å². The standard InChI is InChI=1S/C16H27N3O2/c1-4-7-19-11-13(9-17-19)10-18-8-5-6-14(12-18)16(2,3)15(20)21/h9,11,14H,4-8,10,12H2,1-3H3,(H,20,21). The molecule has 0 saturated carbocycles. The Labute approximate surface area is 126 Å². The molecule has 1 aromatic rings. The van der Waals surface area contributed by atoms with Crippen LogP contribution < -0.4 is 0 Å². The molecule has 0 bridgehead atoms. The highest BCUT2D eigenvalue weighted by atomic mass is 16.4. The average molecular weight is 293 g/mol. The fourth-order valence-corrected chi connectivity index (χ4v) is 3.06. The van der Waals surface area contributed by atoms with Crippen LogP contribution in [0.25, 0.3) is 0 Å². The Morgan fingerprint density at radius 2 is 2.29 bits per heavy atom. The summed E-state index contributed by atoms with van der Waals surface area (Å²) in [6, 6.07) is 0. The fraction of sp³-hybridized carbons (Fsp3) is 0.750. The molecule has 1 aliphatic heterocycles. The van der Waals surface area contributed by atoms with E-state index in [1.54, 1.807) is 0 Å². The normalized spacial score (nSPS) is 20.6. The van der Waals surface area contributed by atoms with Crippen LogP contribution in [0.1, 0.15) is 45.6 Å². The topological polar surface area (TPSA) is 58.4 Å². The van der Waals surface area contributed by atoms with E-state index in [4.69, 9.17) is 0 Å². The number of hydrogen-bond donors (Lipinski definition) is 1. The third-order valence-electron chi connectivity index (χ3n) is 4.62. The van der Waals surface area contributed by atoms with Crippen molar-refractivity contribution in [1.29, 1.82) is 0 Å². The number of carboxylic acid groups (broad SMARTS) is 1. The number of aryl methyl sites for hydroxylation is 1. The summed E-state index contributed by atoms with van der Waals surface area (Å²) < 4.78 is 1.98. The van der Waals surface area contributed by atoms with Crippen LogP contribution >= 0.6 is 0 Å². The predicted molar refractivity (Wildman–Crippen MR) is 81.9 cm³/mol. The number of aliphatic carboxylic acids is 1. The van der Waals surface area contributed by atoms with Gasteiger partial charge < -0.3 is 5.11 Å². The van der Waals surface area contributed by atoms with Crippen LogP contribution in [-0.2, 0) is 17.9 Å². The minimum Gasteiger partial charge on any atom is -0.481 e. The van der Waals surface area contributed by atoms with Crippen LogP contribution in [0.2, 0.25) is 0 Å². The zero-order chi connectivity index (χ0) is 15.5. The van der Waals surface area contributed by atoms with Gasteiger partial charge in [0, 0.05) is 31.4 Å². The number of carboxylic acids is 1. The number of rotatable bonds is 6. The number of aromatic nitrogens is 2. The Bertz CT molecular complexity index is 482. The molecule has 1 saturated heterocycles. The molecular formula is C16H27N3O2. The summed E-state index contributed by atoms with van der Waals surface area (Å²) in [6.45, 7) is 9.57. The Hall–Kier alpha value is -1.36. The highest BCUT2D eigenvalue weighted by Gasteiger charge is 2.38. The van der Waals surface area contributed by atoms with E-state index in [0.717, 1.165) is 45.4 Å². The molecule has 1 unspecified atom stereocenters. The lowest BCUT2D eigenvalue weighted by atomic mass is 9.74. The zero-order valence-corrected chi connectivity index (χ0v) is 13.4. The quantitative estimate of drug-likeness (QED) is 0.876. The van der Waals surface area contributed by atoms with Crippen molar-refractivity contribution in [2.75, 3.05) is 13.1 Å². The largest absolute Gasteiger partial charge is 0.481 e. The summed E-state index contributed by atoms with van der Waals surface area (Å²) in [4.78, 5) is 13.8. The molecule has 21 heavy (non-hydrogen) atoms. The SMILES string of the molecule is CCCn1cc(CN2CCCC(C(C)(C)C(=O)O)C2)cn1. The first-order chi connectivity index (χ1) is 9.93. The van der Waals surface area contributed by atoms with Gasteiger partial charge in [-0.2, -0.15) is 5.10 Å². The first-order valence-electron chi connectivity index (χ1n) is 7.90. The number of carbonyl (C=O) groups is 1. The lowest BCUT2D eigenvalue weighted by Crippen LogP contribution is -2.44. The molecule has 0 spiro atoms. The lowest BCUT2D eigenvalue weighted by Gasteiger charge is -2.39. The molecule has 0 aromatic carbocycles. The Balaban J connectivity index is 1.96. The molecular weight excluding hydrogens is 266 g/mol. The number of hydrogen-bond acceptors (Lipinski definition) is 3. The third-order valence-corrected chi connectivity index (χ3v) is 4.62. The Morgan fingerprint density at radius 3 is 2.95 bits per heavy atom. The summed E-state index contributed by atoms with van der Waals surface area (Å²) >= 11 is 0. The van der Waals surface area contributed by atoms with Crippen LogP contribution in [0.3, 0.4) is 0 Å². The maximum Gasteiger partial charge on any atom is 0.309 e. The third kappa shape index (κ3) is 3.84. The summed E-state index contributed by atoms with van der Waals surface area (Å²) in [5.74, 6) is -0.473. The number of likely N-dealkylation sites (tertiary alicyclic amines) is 1. The van der Waals surface area contributed by atoms with Crippen LogP contribution in [0.4, 0.5) is 0 Å². The molecule has 5 nitrogen and oxygen atoms in total. The first-order valence-corrected chi connectivity index (χ1v) is 7.90. The summed E-state index contributed by atoms with van der Waals surface area (Å²) in [6.07, 6.45) is 7.20. The van der Waals surface area contributed by atoms with Gasteiger partial charge in [0.15, 0.2) is 0 Å². The molecule has 1 aromatic heterocycles. The summed E-state index contributed by atoms with van der Waals surface area (Å²) in [5, 5.41) is 13.8. The van der Waals surface area contributed by atoms with E-state index in [-0.39, 0.29) is 5.92 Å². The van der Waals surface area contributed by atoms with Gasteiger partial charge in [-0.3, -0.25) is 14.4 Å². The van der Waals surface area contributed by atoms with Crippen molar-refractivity contribution in [2.24, 2.45) is 11.3 Å². The predicted octanol–water partition coefficient (Wildman–Crippen LogP) is 2.62. The molecule has 2 heterocycles. The molecule has 0 amide bonds. The van der Waals surface area contributed by atoms with Crippen molar-refractivity contribution < 1.29 is 9.90 Å². The molecule has 5 heteroatoms. The first kappa shape index (κ1) is 16.0. The molecule has 0 aliphatic carbocycles. The van der Waals surface area contributed by atoms with Gasteiger partial charge in [-0.25, -0.2) is 0 Å². The van der Waals surface area contributed by atoms with Gasteiger partial charge in [0.05, 0.1) is 11.6 Å². The van der Waals surface area contributed by atoms with E-state index < -0.39 is 11.4 Å². The monoisotopic (exact) mass is 293 g/mol. The maximum absolute atomic E-state index is 11.4. The maximum atomic E-state index is 11.4. The van der Waals surface area contributed by atoms with Crippen LogP contribution in [0.15, 0.2) is 12.4 Å². The van der Waals surface area contributed by atoms with Crippen molar-refractivity contribution in [3.8, 4) is 0 Å². The molecule has 1 aliphatic rings. The highest BCUT2D eigenvalue weighted by Crippen LogP contribution is 2.34. The van der Waals surface area contributed by atoms with Crippen LogP contribution in [0, 0.1) is 11.3 Å². The van der Waals surface area contributed by atoms with Gasteiger partial charge in [-0.05, 0) is 45.6 Å². The van der Waals surface area contributed by atoms with Gasteiger partial charge in [0.1, 0.15) is 0 Å². The molecule has 1 fully saturated rings. The molecule has 0 radical (unpaired) electrons. The lowest BCUT2D eigenvalue weighted by molar-refractivity contribution is -0.151. The zero-order valence-electron chi connectivity index (χ0n) is 13.4. The second-order valence-electron chi connectivity index (χ2n) is 6.71.